The smallest absolute Gasteiger partial charge is 0.243 e. The molecule has 0 amide bonds. The summed E-state index contributed by atoms with van der Waals surface area (Å²) in [5, 5.41) is 0. The summed E-state index contributed by atoms with van der Waals surface area (Å²) >= 11 is 0. The molecule has 25 heavy (non-hydrogen) atoms. The summed E-state index contributed by atoms with van der Waals surface area (Å²) in [6.07, 6.45) is 1.68. The second-order valence-electron chi connectivity index (χ2n) is 6.20. The number of hydrogen-bond donors (Lipinski definition) is 0. The molecule has 2 aromatic carbocycles. The van der Waals surface area contributed by atoms with Gasteiger partial charge in [0.15, 0.2) is 11.5 Å². The van der Waals surface area contributed by atoms with Crippen LogP contribution in [0.5, 0.6) is 11.5 Å². The molecule has 0 aliphatic carbocycles. The molecule has 6 heteroatoms. The van der Waals surface area contributed by atoms with Crippen LogP contribution in [-0.2, 0) is 10.0 Å². The molecule has 0 aromatic heterocycles. The first-order valence-electron chi connectivity index (χ1n) is 8.28. The van der Waals surface area contributed by atoms with Gasteiger partial charge in [0.1, 0.15) is 0 Å². The molecule has 0 saturated carbocycles. The first kappa shape index (κ1) is 17.8. The standard InChI is InChI=1S/C19H23NO4S/c1-14-6-8-15(9-7-14)17-5-4-12-20(17)25(21,22)16-10-11-18(23-2)19(13-16)24-3/h6-11,13,17H,4-5,12H2,1-3H3/t17-/m0/s1. The Bertz CT molecular complexity index is 846. The molecule has 1 atom stereocenters. The van der Waals surface area contributed by atoms with E-state index < -0.39 is 10.0 Å². The van der Waals surface area contributed by atoms with E-state index in [0.29, 0.717) is 18.0 Å². The second-order valence-corrected chi connectivity index (χ2v) is 8.09. The zero-order chi connectivity index (χ0) is 18.0. The molecule has 1 saturated heterocycles. The normalized spacial score (nSPS) is 18.3. The number of aryl methyl sites for hydroxylation is 1. The highest BCUT2D eigenvalue weighted by molar-refractivity contribution is 7.89. The molecule has 0 N–H and O–H groups in total. The van der Waals surface area contributed by atoms with Crippen LogP contribution in [-0.4, -0.2) is 33.5 Å². The van der Waals surface area contributed by atoms with Gasteiger partial charge in [-0.1, -0.05) is 29.8 Å². The molecule has 5 nitrogen and oxygen atoms in total. The zero-order valence-electron chi connectivity index (χ0n) is 14.7. The van der Waals surface area contributed by atoms with Gasteiger partial charge in [0, 0.05) is 12.6 Å². The molecular weight excluding hydrogens is 338 g/mol. The van der Waals surface area contributed by atoms with E-state index in [-0.39, 0.29) is 10.9 Å². The van der Waals surface area contributed by atoms with Crippen LogP contribution in [0.1, 0.15) is 30.0 Å². The summed E-state index contributed by atoms with van der Waals surface area (Å²) in [6, 6.07) is 12.7. The fourth-order valence-corrected chi connectivity index (χ4v) is 4.96. The van der Waals surface area contributed by atoms with E-state index >= 15 is 0 Å². The Hall–Kier alpha value is -2.05. The Labute approximate surface area is 149 Å². The number of methoxy groups -OCH3 is 2. The lowest BCUT2D eigenvalue weighted by Crippen LogP contribution is -2.30. The van der Waals surface area contributed by atoms with Gasteiger partial charge >= 0.3 is 0 Å². The average Bonchev–Trinajstić information content (AvgIpc) is 3.12. The van der Waals surface area contributed by atoms with Crippen LogP contribution in [0, 0.1) is 6.92 Å². The fraction of sp³-hybridized carbons (Fsp3) is 0.368. The Morgan fingerprint density at radius 3 is 2.32 bits per heavy atom. The van der Waals surface area contributed by atoms with Gasteiger partial charge in [0.25, 0.3) is 0 Å². The fourth-order valence-electron chi connectivity index (χ4n) is 3.26. The topological polar surface area (TPSA) is 55.8 Å². The van der Waals surface area contributed by atoms with Crippen molar-refractivity contribution in [3.63, 3.8) is 0 Å². The van der Waals surface area contributed by atoms with Crippen molar-refractivity contribution in [2.45, 2.75) is 30.7 Å². The van der Waals surface area contributed by atoms with Gasteiger partial charge in [-0.25, -0.2) is 8.42 Å². The van der Waals surface area contributed by atoms with Crippen LogP contribution >= 0.6 is 0 Å². The van der Waals surface area contributed by atoms with Gasteiger partial charge in [0.05, 0.1) is 25.2 Å². The maximum Gasteiger partial charge on any atom is 0.243 e. The molecule has 1 fully saturated rings. The minimum absolute atomic E-state index is 0.126. The number of nitrogens with zero attached hydrogens (tertiary/aromatic N) is 1. The SMILES string of the molecule is COc1ccc(S(=O)(=O)N2CCC[C@H]2c2ccc(C)cc2)cc1OC. The highest BCUT2D eigenvalue weighted by Crippen LogP contribution is 2.38. The molecular formula is C19H23NO4S. The number of rotatable bonds is 5. The third-order valence-corrected chi connectivity index (χ3v) is 6.53. The highest BCUT2D eigenvalue weighted by Gasteiger charge is 2.36. The van der Waals surface area contributed by atoms with Gasteiger partial charge in [-0.3, -0.25) is 0 Å². The minimum atomic E-state index is -3.61. The van der Waals surface area contributed by atoms with Crippen molar-refractivity contribution in [3.8, 4) is 11.5 Å². The molecule has 134 valence electrons. The number of sulfonamides is 1. The first-order valence-corrected chi connectivity index (χ1v) is 9.72. The van der Waals surface area contributed by atoms with E-state index in [1.807, 2.05) is 31.2 Å². The van der Waals surface area contributed by atoms with Crippen molar-refractivity contribution < 1.29 is 17.9 Å². The van der Waals surface area contributed by atoms with Gasteiger partial charge in [-0.2, -0.15) is 4.31 Å². The molecule has 0 bridgehead atoms. The van der Waals surface area contributed by atoms with Crippen LogP contribution < -0.4 is 9.47 Å². The second kappa shape index (κ2) is 7.06. The Balaban J connectivity index is 1.97. The average molecular weight is 361 g/mol. The summed E-state index contributed by atoms with van der Waals surface area (Å²) < 4.78 is 38.4. The maximum atomic E-state index is 13.2. The van der Waals surface area contributed by atoms with E-state index in [2.05, 4.69) is 0 Å². The third-order valence-electron chi connectivity index (χ3n) is 4.63. The van der Waals surface area contributed by atoms with Gasteiger partial charge < -0.3 is 9.47 Å². The lowest BCUT2D eigenvalue weighted by atomic mass is 10.0. The molecule has 0 spiro atoms. The molecule has 1 aliphatic heterocycles. The Morgan fingerprint density at radius 1 is 1.00 bits per heavy atom. The van der Waals surface area contributed by atoms with Crippen molar-refractivity contribution in [1.82, 2.24) is 4.31 Å². The summed E-state index contributed by atoms with van der Waals surface area (Å²) in [5.41, 5.74) is 2.20. The van der Waals surface area contributed by atoms with E-state index in [0.717, 1.165) is 24.0 Å². The molecule has 0 radical (unpaired) electrons. The van der Waals surface area contributed by atoms with Gasteiger partial charge in [0.2, 0.25) is 10.0 Å². The summed E-state index contributed by atoms with van der Waals surface area (Å²) in [5.74, 6) is 0.924. The summed E-state index contributed by atoms with van der Waals surface area (Å²) in [4.78, 5) is 0.226. The lowest BCUT2D eigenvalue weighted by molar-refractivity contribution is 0.353. The molecule has 1 heterocycles. The Kier molecular flexibility index (Phi) is 5.01. The summed E-state index contributed by atoms with van der Waals surface area (Å²) in [6.45, 7) is 2.55. The predicted molar refractivity (Wildman–Crippen MR) is 96.6 cm³/mol. The maximum absolute atomic E-state index is 13.2. The molecule has 0 unspecified atom stereocenters. The minimum Gasteiger partial charge on any atom is -0.493 e. The van der Waals surface area contributed by atoms with Crippen molar-refractivity contribution in [2.75, 3.05) is 20.8 Å². The van der Waals surface area contributed by atoms with Crippen molar-refractivity contribution in [3.05, 3.63) is 53.6 Å². The van der Waals surface area contributed by atoms with E-state index in [9.17, 15) is 8.42 Å². The highest BCUT2D eigenvalue weighted by atomic mass is 32.2. The molecule has 1 aliphatic rings. The molecule has 3 rings (SSSR count). The summed E-state index contributed by atoms with van der Waals surface area (Å²) in [7, 11) is -0.579. The Morgan fingerprint density at radius 2 is 1.68 bits per heavy atom. The van der Waals surface area contributed by atoms with Gasteiger partial charge in [-0.15, -0.1) is 0 Å². The van der Waals surface area contributed by atoms with Crippen LogP contribution in [0.4, 0.5) is 0 Å². The number of hydrogen-bond acceptors (Lipinski definition) is 4. The number of ether oxygens (including phenoxy) is 2. The van der Waals surface area contributed by atoms with Crippen LogP contribution in [0.2, 0.25) is 0 Å². The van der Waals surface area contributed by atoms with Crippen LogP contribution in [0.3, 0.4) is 0 Å². The quantitative estimate of drug-likeness (QED) is 0.817. The van der Waals surface area contributed by atoms with E-state index in [1.165, 1.54) is 20.3 Å². The third kappa shape index (κ3) is 3.37. The monoisotopic (exact) mass is 361 g/mol. The largest absolute Gasteiger partial charge is 0.493 e. The van der Waals surface area contributed by atoms with Crippen LogP contribution in [0.15, 0.2) is 47.4 Å². The van der Waals surface area contributed by atoms with Crippen molar-refractivity contribution >= 4 is 10.0 Å². The zero-order valence-corrected chi connectivity index (χ0v) is 15.5. The number of benzene rings is 2. The van der Waals surface area contributed by atoms with E-state index in [4.69, 9.17) is 9.47 Å². The van der Waals surface area contributed by atoms with Gasteiger partial charge in [-0.05, 0) is 37.5 Å². The molecule has 2 aromatic rings. The van der Waals surface area contributed by atoms with Crippen molar-refractivity contribution in [1.29, 1.82) is 0 Å². The first-order chi connectivity index (χ1) is 12.0. The lowest BCUT2D eigenvalue weighted by Gasteiger charge is -2.25. The predicted octanol–water partition coefficient (Wildman–Crippen LogP) is 3.54. The van der Waals surface area contributed by atoms with Crippen LogP contribution in [0.25, 0.3) is 0 Å². The van der Waals surface area contributed by atoms with Crippen molar-refractivity contribution in [2.24, 2.45) is 0 Å². The van der Waals surface area contributed by atoms with E-state index in [1.54, 1.807) is 16.4 Å².